The molecule has 7 nitrogen and oxygen atoms in total. The van der Waals surface area contributed by atoms with Crippen LogP contribution in [0.1, 0.15) is 119 Å². The highest BCUT2D eigenvalue weighted by atomic mass is 32.2. The highest BCUT2D eigenvalue weighted by Crippen LogP contribution is 2.76. The predicted molar refractivity (Wildman–Crippen MR) is 210 cm³/mol. The number of nitrogens with one attached hydrogen (secondary N) is 1. The molecule has 7 aliphatic rings. The van der Waals surface area contributed by atoms with E-state index in [1.165, 1.54) is 64.2 Å². The van der Waals surface area contributed by atoms with Gasteiger partial charge in [-0.1, -0.05) is 53.7 Å². The van der Waals surface area contributed by atoms with Crippen molar-refractivity contribution in [2.24, 2.45) is 57.2 Å². The van der Waals surface area contributed by atoms with E-state index in [-0.39, 0.29) is 11.0 Å². The Morgan fingerprint density at radius 3 is 2.44 bits per heavy atom. The second-order valence-electron chi connectivity index (χ2n) is 20.1. The molecule has 5 fully saturated rings. The third-order valence-electron chi connectivity index (χ3n) is 17.5. The molecular formula is C44H68N4O3S. The first kappa shape index (κ1) is 37.2. The number of fused-ring (bicyclic) bond motifs is 7. The van der Waals surface area contributed by atoms with Crippen molar-refractivity contribution in [3.05, 3.63) is 41.9 Å². The van der Waals surface area contributed by atoms with Gasteiger partial charge in [0.2, 0.25) is 5.88 Å². The number of hydrogen-bond donors (Lipinski definition) is 1. The molecule has 1 aliphatic heterocycles. The normalized spacial score (nSPS) is 44.0. The Balaban J connectivity index is 0.968. The molecule has 10 atom stereocenters. The molecule has 8 rings (SSSR count). The van der Waals surface area contributed by atoms with Crippen LogP contribution in [0.2, 0.25) is 0 Å². The molecule has 1 saturated heterocycles. The Bertz CT molecular complexity index is 1650. The van der Waals surface area contributed by atoms with Crippen LogP contribution in [0.5, 0.6) is 5.88 Å². The molecule has 0 spiro atoms. The molecular weight excluding hydrogens is 665 g/mol. The first-order valence-corrected chi connectivity index (χ1v) is 23.0. The first-order valence-electron chi connectivity index (χ1n) is 21.2. The van der Waals surface area contributed by atoms with Gasteiger partial charge in [0.25, 0.3) is 0 Å². The van der Waals surface area contributed by atoms with Crippen molar-refractivity contribution in [1.29, 1.82) is 0 Å². The molecule has 2 unspecified atom stereocenters. The predicted octanol–water partition coefficient (Wildman–Crippen LogP) is 8.29. The lowest BCUT2D eigenvalue weighted by Gasteiger charge is -2.72. The third kappa shape index (κ3) is 6.06. The zero-order valence-electron chi connectivity index (χ0n) is 33.3. The number of rotatable bonds is 8. The van der Waals surface area contributed by atoms with Crippen molar-refractivity contribution in [1.82, 2.24) is 20.2 Å². The number of sulfone groups is 1. The molecule has 0 bridgehead atoms. The van der Waals surface area contributed by atoms with E-state index in [1.54, 1.807) is 29.7 Å². The highest BCUT2D eigenvalue weighted by Gasteiger charge is 2.70. The Labute approximate surface area is 315 Å². The summed E-state index contributed by atoms with van der Waals surface area (Å²) in [6.45, 7) is 20.1. The van der Waals surface area contributed by atoms with Crippen LogP contribution in [0.15, 0.2) is 41.9 Å². The summed E-state index contributed by atoms with van der Waals surface area (Å²) in [6.07, 6.45) is 25.9. The quantitative estimate of drug-likeness (QED) is 0.288. The summed E-state index contributed by atoms with van der Waals surface area (Å²) in [4.78, 5) is 10.8. The van der Waals surface area contributed by atoms with Gasteiger partial charge in [-0.05, 0) is 145 Å². The maximum Gasteiger partial charge on any atom is 0.232 e. The minimum atomic E-state index is -2.83. The lowest BCUT2D eigenvalue weighted by Crippen LogP contribution is -2.68. The molecule has 1 aromatic rings. The third-order valence-corrected chi connectivity index (χ3v) is 19.2. The fraction of sp³-hybridized carbons (Fsp3) is 0.818. The van der Waals surface area contributed by atoms with Crippen LogP contribution < -0.4 is 10.1 Å². The monoisotopic (exact) mass is 733 g/mol. The summed E-state index contributed by atoms with van der Waals surface area (Å²) >= 11 is 0. The summed E-state index contributed by atoms with van der Waals surface area (Å²) in [5.74, 6) is 5.62. The van der Waals surface area contributed by atoms with Crippen molar-refractivity contribution in [2.75, 3.05) is 44.3 Å². The van der Waals surface area contributed by atoms with E-state index >= 15 is 0 Å². The van der Waals surface area contributed by atoms with Crippen molar-refractivity contribution in [3.8, 4) is 5.88 Å². The van der Waals surface area contributed by atoms with E-state index in [1.807, 2.05) is 0 Å². The van der Waals surface area contributed by atoms with Crippen LogP contribution in [0.25, 0.3) is 0 Å². The van der Waals surface area contributed by atoms with Crippen LogP contribution in [0.3, 0.4) is 0 Å². The van der Waals surface area contributed by atoms with Gasteiger partial charge in [-0.3, -0.25) is 4.98 Å². The second kappa shape index (κ2) is 13.5. The zero-order chi connectivity index (χ0) is 36.6. The smallest absolute Gasteiger partial charge is 0.232 e. The lowest BCUT2D eigenvalue weighted by atomic mass is 9.33. The molecule has 8 heteroatoms. The van der Waals surface area contributed by atoms with E-state index in [9.17, 15) is 8.42 Å². The number of aromatic nitrogens is 2. The molecule has 6 aliphatic carbocycles. The molecule has 2 heterocycles. The summed E-state index contributed by atoms with van der Waals surface area (Å²) in [7, 11) is -2.83. The molecule has 0 amide bonds. The summed E-state index contributed by atoms with van der Waals surface area (Å²) in [5.41, 5.74) is 4.81. The molecule has 1 aromatic heterocycles. The Kier molecular flexibility index (Phi) is 9.62. The van der Waals surface area contributed by atoms with E-state index in [0.717, 1.165) is 62.1 Å². The van der Waals surface area contributed by atoms with Gasteiger partial charge in [0, 0.05) is 44.1 Å². The van der Waals surface area contributed by atoms with E-state index < -0.39 is 9.84 Å². The minimum Gasteiger partial charge on any atom is -0.476 e. The molecule has 4 saturated carbocycles. The van der Waals surface area contributed by atoms with E-state index in [0.29, 0.717) is 52.6 Å². The number of nitrogens with zero attached hydrogens (tertiary/aromatic N) is 3. The van der Waals surface area contributed by atoms with Gasteiger partial charge < -0.3 is 15.0 Å². The topological polar surface area (TPSA) is 84.4 Å². The van der Waals surface area contributed by atoms with Gasteiger partial charge in [-0.25, -0.2) is 13.4 Å². The fourth-order valence-corrected chi connectivity index (χ4v) is 16.0. The lowest BCUT2D eigenvalue weighted by molar-refractivity contribution is -0.221. The number of hydrogen-bond acceptors (Lipinski definition) is 7. The first-order chi connectivity index (χ1) is 24.7. The average Bonchev–Trinajstić information content (AvgIpc) is 3.45. The van der Waals surface area contributed by atoms with Gasteiger partial charge in [0.05, 0.1) is 24.3 Å². The van der Waals surface area contributed by atoms with Crippen LogP contribution in [-0.4, -0.2) is 73.1 Å². The maximum atomic E-state index is 12.0. The van der Waals surface area contributed by atoms with E-state index in [2.05, 4.69) is 73.9 Å². The average molecular weight is 733 g/mol. The molecule has 0 radical (unpaired) electrons. The molecule has 0 aromatic carbocycles. The summed E-state index contributed by atoms with van der Waals surface area (Å²) < 4.78 is 30.0. The number of ether oxygens (including phenoxy) is 1. The van der Waals surface area contributed by atoms with Gasteiger partial charge in [-0.15, -0.1) is 0 Å². The molecule has 288 valence electrons. The maximum absolute atomic E-state index is 12.0. The Morgan fingerprint density at radius 1 is 0.904 bits per heavy atom. The number of allylic oxidation sites excluding steroid dienone is 4. The van der Waals surface area contributed by atoms with Crippen LogP contribution in [0.4, 0.5) is 0 Å². The van der Waals surface area contributed by atoms with Crippen LogP contribution in [0, 0.1) is 57.2 Å². The summed E-state index contributed by atoms with van der Waals surface area (Å²) in [6, 6.07) is 0. The van der Waals surface area contributed by atoms with Crippen molar-refractivity contribution in [3.63, 3.8) is 0 Å². The van der Waals surface area contributed by atoms with Gasteiger partial charge >= 0.3 is 0 Å². The standard InChI is InChI=1S/C44H68N4O3S/c1-31-13-18-44(47-23-24-48-25-27-52(49,50)28-26-48)20-19-42(5)35(39(31)44)11-12-37-41(4)16-14-34(40(2,3)36(41)15-17-43(37,42)6)33-9-7-32(8-10-33)30-51-38-29-45-21-22-46-38/h9,14,21-22,29,31-32,35-37,39,47H,7-8,10-13,15-20,23-28,30H2,1-6H3/t31-,32+,35-,36?,37?,39-,41+,42-,43-,44+/m1/s1. The largest absolute Gasteiger partial charge is 0.476 e. The SMILES string of the molecule is C[C@@H]1CC[C@]2(NCCN3CCS(=O)(=O)CC3)CC[C@]3(C)[C@H](CCC4[C@@]5(C)CC=C(C6=CC[C@H](COc7cnccn7)CC6)C(C)(C)C5CC[C@]43C)[C@@H]12. The van der Waals surface area contributed by atoms with Crippen molar-refractivity contribution >= 4 is 9.84 Å². The van der Waals surface area contributed by atoms with Crippen molar-refractivity contribution < 1.29 is 13.2 Å². The van der Waals surface area contributed by atoms with Crippen molar-refractivity contribution in [2.45, 2.75) is 124 Å². The second-order valence-corrected chi connectivity index (χ2v) is 22.4. The van der Waals surface area contributed by atoms with Gasteiger partial charge in [-0.2, -0.15) is 0 Å². The minimum absolute atomic E-state index is 0.186. The zero-order valence-corrected chi connectivity index (χ0v) is 34.1. The van der Waals surface area contributed by atoms with Gasteiger partial charge in [0.1, 0.15) is 0 Å². The summed E-state index contributed by atoms with van der Waals surface area (Å²) in [5, 5.41) is 4.23. The fourth-order valence-electron chi connectivity index (χ4n) is 14.7. The van der Waals surface area contributed by atoms with E-state index in [4.69, 9.17) is 4.74 Å². The highest BCUT2D eigenvalue weighted by molar-refractivity contribution is 7.91. The van der Waals surface area contributed by atoms with Crippen LogP contribution in [-0.2, 0) is 9.84 Å². The molecule has 1 N–H and O–H groups in total. The Hall–Kier alpha value is -1.77. The Morgan fingerprint density at radius 2 is 1.71 bits per heavy atom. The molecule has 52 heavy (non-hydrogen) atoms. The van der Waals surface area contributed by atoms with Crippen LogP contribution >= 0.6 is 0 Å². The van der Waals surface area contributed by atoms with Gasteiger partial charge in [0.15, 0.2) is 9.84 Å².